The van der Waals surface area contributed by atoms with Crippen molar-refractivity contribution in [2.45, 2.75) is 52.5 Å². The Kier molecular flexibility index (Phi) is 4.44. The van der Waals surface area contributed by atoms with E-state index in [1.165, 1.54) is 12.8 Å². The van der Waals surface area contributed by atoms with Crippen molar-refractivity contribution in [2.24, 2.45) is 22.7 Å². The molecule has 2 aliphatic carbocycles. The van der Waals surface area contributed by atoms with Crippen LogP contribution in [0.25, 0.3) is 0 Å². The molecule has 3 fully saturated rings. The molecule has 3 rings (SSSR count). The van der Waals surface area contributed by atoms with Gasteiger partial charge in [0.25, 0.3) is 0 Å². The van der Waals surface area contributed by atoms with Crippen LogP contribution in [-0.2, 0) is 9.59 Å². The highest BCUT2D eigenvalue weighted by atomic mass is 16.2. The molecule has 3 aliphatic rings. The fraction of sp³-hybridized carbons (Fsp3) is 0.895. The maximum Gasteiger partial charge on any atom is 0.225 e. The molecule has 1 heterocycles. The van der Waals surface area contributed by atoms with Gasteiger partial charge in [-0.05, 0) is 50.1 Å². The molecule has 0 aromatic rings. The van der Waals surface area contributed by atoms with Crippen LogP contribution in [0.4, 0.5) is 0 Å². The Morgan fingerprint density at radius 1 is 1.33 bits per heavy atom. The summed E-state index contributed by atoms with van der Waals surface area (Å²) in [6.45, 7) is 9.20. The maximum atomic E-state index is 12.8. The SMILES string of the molecule is CN(C)CCN1C[C@H](C(=O)N[C@@H]2C[C@H]3CC[C@@]2(C)C3(C)C)CC1=O. The molecule has 0 unspecified atom stereocenters. The van der Waals surface area contributed by atoms with Crippen molar-refractivity contribution in [1.82, 2.24) is 15.1 Å². The third kappa shape index (κ3) is 2.75. The van der Waals surface area contributed by atoms with Gasteiger partial charge in [-0.3, -0.25) is 9.59 Å². The monoisotopic (exact) mass is 335 g/mol. The van der Waals surface area contributed by atoms with Crippen LogP contribution in [0.3, 0.4) is 0 Å². The third-order valence-electron chi connectivity index (χ3n) is 7.51. The highest BCUT2D eigenvalue weighted by molar-refractivity contribution is 5.89. The summed E-state index contributed by atoms with van der Waals surface area (Å²) in [4.78, 5) is 28.8. The van der Waals surface area contributed by atoms with Crippen LogP contribution >= 0.6 is 0 Å². The van der Waals surface area contributed by atoms with Gasteiger partial charge >= 0.3 is 0 Å². The van der Waals surface area contributed by atoms with Gasteiger partial charge in [0.1, 0.15) is 0 Å². The van der Waals surface area contributed by atoms with Crippen molar-refractivity contribution < 1.29 is 9.59 Å². The van der Waals surface area contributed by atoms with Gasteiger partial charge in [-0.15, -0.1) is 0 Å². The number of nitrogens with zero attached hydrogens (tertiary/aromatic N) is 2. The largest absolute Gasteiger partial charge is 0.352 e. The summed E-state index contributed by atoms with van der Waals surface area (Å²) in [5.74, 6) is 0.752. The number of fused-ring (bicyclic) bond motifs is 2. The molecule has 1 saturated heterocycles. The van der Waals surface area contributed by atoms with E-state index in [1.54, 1.807) is 0 Å². The lowest BCUT2D eigenvalue weighted by Gasteiger charge is -2.39. The minimum Gasteiger partial charge on any atom is -0.352 e. The van der Waals surface area contributed by atoms with E-state index in [-0.39, 0.29) is 29.2 Å². The lowest BCUT2D eigenvalue weighted by atomic mass is 9.69. The summed E-state index contributed by atoms with van der Waals surface area (Å²) in [6, 6.07) is 0.268. The van der Waals surface area contributed by atoms with Gasteiger partial charge in [0.15, 0.2) is 0 Å². The number of hydrogen-bond donors (Lipinski definition) is 1. The summed E-state index contributed by atoms with van der Waals surface area (Å²) in [7, 11) is 4.00. The first kappa shape index (κ1) is 17.7. The number of amides is 2. The smallest absolute Gasteiger partial charge is 0.225 e. The molecule has 5 nitrogen and oxygen atoms in total. The van der Waals surface area contributed by atoms with Crippen LogP contribution in [0, 0.1) is 22.7 Å². The number of carbonyl (C=O) groups excluding carboxylic acids is 2. The van der Waals surface area contributed by atoms with Crippen molar-refractivity contribution in [2.75, 3.05) is 33.7 Å². The van der Waals surface area contributed by atoms with Crippen molar-refractivity contribution in [3.05, 3.63) is 0 Å². The maximum absolute atomic E-state index is 12.8. The molecular formula is C19H33N3O2. The number of carbonyl (C=O) groups is 2. The molecule has 24 heavy (non-hydrogen) atoms. The van der Waals surface area contributed by atoms with Crippen molar-refractivity contribution in [3.8, 4) is 0 Å². The minimum atomic E-state index is -0.175. The van der Waals surface area contributed by atoms with Crippen LogP contribution in [0.15, 0.2) is 0 Å². The van der Waals surface area contributed by atoms with Gasteiger partial charge in [0.05, 0.1) is 5.92 Å². The highest BCUT2D eigenvalue weighted by Crippen LogP contribution is 2.65. The Labute approximate surface area is 146 Å². The second-order valence-corrected chi connectivity index (χ2v) is 9.22. The topological polar surface area (TPSA) is 52.6 Å². The Balaban J connectivity index is 1.58. The lowest BCUT2D eigenvalue weighted by Crippen LogP contribution is -2.49. The zero-order valence-corrected chi connectivity index (χ0v) is 15.9. The molecule has 136 valence electrons. The van der Waals surface area contributed by atoms with E-state index in [0.717, 1.165) is 18.9 Å². The lowest BCUT2D eigenvalue weighted by molar-refractivity contribution is -0.129. The quantitative estimate of drug-likeness (QED) is 0.832. The van der Waals surface area contributed by atoms with Crippen LogP contribution in [-0.4, -0.2) is 61.4 Å². The molecule has 5 heteroatoms. The molecule has 0 aromatic carbocycles. The molecule has 0 spiro atoms. The standard InChI is InChI=1S/C19H33N3O2/c1-18(2)14-6-7-19(18,3)15(11-14)20-17(24)13-10-16(23)22(12-13)9-8-21(4)5/h13-15H,6-12H2,1-5H3,(H,20,24)/t13-,14-,15-,19-/m1/s1. The Hall–Kier alpha value is -1.10. The third-order valence-corrected chi connectivity index (χ3v) is 7.51. The fourth-order valence-corrected chi connectivity index (χ4v) is 5.20. The van der Waals surface area contributed by atoms with Crippen LogP contribution in [0.1, 0.15) is 46.5 Å². The van der Waals surface area contributed by atoms with E-state index in [0.29, 0.717) is 24.9 Å². The zero-order valence-electron chi connectivity index (χ0n) is 15.9. The molecule has 1 aliphatic heterocycles. The summed E-state index contributed by atoms with van der Waals surface area (Å²) in [5, 5.41) is 3.33. The van der Waals surface area contributed by atoms with E-state index in [4.69, 9.17) is 0 Å². The average molecular weight is 335 g/mol. The van der Waals surface area contributed by atoms with E-state index in [2.05, 4.69) is 31.0 Å². The molecule has 2 bridgehead atoms. The second kappa shape index (κ2) is 6.01. The molecule has 2 saturated carbocycles. The van der Waals surface area contributed by atoms with Crippen molar-refractivity contribution in [3.63, 3.8) is 0 Å². The van der Waals surface area contributed by atoms with Gasteiger partial charge in [-0.1, -0.05) is 20.8 Å². The Morgan fingerprint density at radius 2 is 2.04 bits per heavy atom. The summed E-state index contributed by atoms with van der Waals surface area (Å²) in [6.07, 6.45) is 3.96. The van der Waals surface area contributed by atoms with Crippen molar-refractivity contribution in [1.29, 1.82) is 0 Å². The first-order valence-corrected chi connectivity index (χ1v) is 9.38. The number of likely N-dealkylation sites (N-methyl/N-ethyl adjacent to an activating group) is 1. The normalized spacial score (nSPS) is 37.5. The predicted octanol–water partition coefficient (Wildman–Crippen LogP) is 1.73. The molecule has 0 radical (unpaired) electrons. The van der Waals surface area contributed by atoms with Crippen LogP contribution < -0.4 is 5.32 Å². The Morgan fingerprint density at radius 3 is 2.58 bits per heavy atom. The summed E-state index contributed by atoms with van der Waals surface area (Å²) >= 11 is 0. The van der Waals surface area contributed by atoms with Gasteiger partial charge in [-0.2, -0.15) is 0 Å². The van der Waals surface area contributed by atoms with E-state index in [9.17, 15) is 9.59 Å². The molecule has 1 N–H and O–H groups in total. The van der Waals surface area contributed by atoms with E-state index < -0.39 is 0 Å². The van der Waals surface area contributed by atoms with Gasteiger partial charge < -0.3 is 15.1 Å². The minimum absolute atomic E-state index is 0.0882. The summed E-state index contributed by atoms with van der Waals surface area (Å²) < 4.78 is 0. The molecule has 4 atom stereocenters. The van der Waals surface area contributed by atoms with E-state index in [1.807, 2.05) is 19.0 Å². The van der Waals surface area contributed by atoms with Gasteiger partial charge in [-0.25, -0.2) is 0 Å². The first-order chi connectivity index (χ1) is 11.1. The highest BCUT2D eigenvalue weighted by Gasteiger charge is 2.61. The van der Waals surface area contributed by atoms with Crippen LogP contribution in [0.2, 0.25) is 0 Å². The number of nitrogens with one attached hydrogen (secondary N) is 1. The zero-order chi connectivity index (χ0) is 17.7. The number of likely N-dealkylation sites (tertiary alicyclic amines) is 1. The van der Waals surface area contributed by atoms with Crippen LogP contribution in [0.5, 0.6) is 0 Å². The fourth-order valence-electron chi connectivity index (χ4n) is 5.20. The molecular weight excluding hydrogens is 302 g/mol. The van der Waals surface area contributed by atoms with Gasteiger partial charge in [0, 0.05) is 32.1 Å². The molecule has 2 amide bonds. The van der Waals surface area contributed by atoms with E-state index >= 15 is 0 Å². The second-order valence-electron chi connectivity index (χ2n) is 9.22. The van der Waals surface area contributed by atoms with Crippen molar-refractivity contribution >= 4 is 11.8 Å². The Bertz CT molecular complexity index is 531. The predicted molar refractivity (Wildman–Crippen MR) is 94.4 cm³/mol. The molecule has 0 aromatic heterocycles. The number of rotatable bonds is 5. The average Bonchev–Trinajstić information content (AvgIpc) is 3.03. The summed E-state index contributed by atoms with van der Waals surface area (Å²) in [5.41, 5.74) is 0.495. The van der Waals surface area contributed by atoms with Gasteiger partial charge in [0.2, 0.25) is 11.8 Å². The first-order valence-electron chi connectivity index (χ1n) is 9.38. The number of hydrogen-bond acceptors (Lipinski definition) is 3.